The van der Waals surface area contributed by atoms with Gasteiger partial charge in [-0.1, -0.05) is 33.6 Å². The summed E-state index contributed by atoms with van der Waals surface area (Å²) in [5.41, 5.74) is -0.257. The third kappa shape index (κ3) is 3.00. The van der Waals surface area contributed by atoms with E-state index in [0.717, 1.165) is 0 Å². The van der Waals surface area contributed by atoms with Crippen molar-refractivity contribution < 1.29 is 4.79 Å². The fourth-order valence-corrected chi connectivity index (χ4v) is 2.00. The van der Waals surface area contributed by atoms with Crippen LogP contribution in [0.3, 0.4) is 0 Å². The molecule has 82 valence electrons. The van der Waals surface area contributed by atoms with Crippen LogP contribution in [-0.2, 0) is 4.79 Å². The van der Waals surface area contributed by atoms with Gasteiger partial charge in [-0.25, -0.2) is 0 Å². The molecule has 1 amide bonds. The summed E-state index contributed by atoms with van der Waals surface area (Å²) >= 11 is 0. The molecule has 1 fully saturated rings. The second kappa shape index (κ2) is 4.33. The molecule has 0 radical (unpaired) electrons. The quantitative estimate of drug-likeness (QED) is 0.724. The van der Waals surface area contributed by atoms with E-state index in [9.17, 15) is 4.79 Å². The van der Waals surface area contributed by atoms with Crippen molar-refractivity contribution in [1.29, 1.82) is 0 Å². The largest absolute Gasteiger partial charge is 0.353 e. The Bertz CT molecular complexity index is 199. The first-order valence-electron chi connectivity index (χ1n) is 5.72. The maximum Gasteiger partial charge on any atom is 0.225 e. The number of hydrogen-bond donors (Lipinski definition) is 1. The molecule has 0 spiro atoms. The minimum atomic E-state index is -0.257. The average molecular weight is 197 g/mol. The Morgan fingerprint density at radius 1 is 1.29 bits per heavy atom. The lowest BCUT2D eigenvalue weighted by Crippen LogP contribution is -2.43. The van der Waals surface area contributed by atoms with Crippen LogP contribution in [0.4, 0.5) is 0 Å². The van der Waals surface area contributed by atoms with Gasteiger partial charge in [0.15, 0.2) is 0 Å². The van der Waals surface area contributed by atoms with Crippen LogP contribution in [0.15, 0.2) is 0 Å². The van der Waals surface area contributed by atoms with Crippen LogP contribution in [0, 0.1) is 11.3 Å². The maximum absolute atomic E-state index is 11.7. The summed E-state index contributed by atoms with van der Waals surface area (Å²) in [5.74, 6) is 0.887. The van der Waals surface area contributed by atoms with E-state index in [4.69, 9.17) is 0 Å². The summed E-state index contributed by atoms with van der Waals surface area (Å²) < 4.78 is 0. The fourth-order valence-electron chi connectivity index (χ4n) is 2.00. The summed E-state index contributed by atoms with van der Waals surface area (Å²) in [7, 11) is 0. The van der Waals surface area contributed by atoms with E-state index in [1.807, 2.05) is 20.8 Å². The molecule has 1 aliphatic rings. The van der Waals surface area contributed by atoms with Gasteiger partial charge >= 0.3 is 0 Å². The normalized spacial score (nSPS) is 20.9. The summed E-state index contributed by atoms with van der Waals surface area (Å²) in [6.45, 7) is 8.02. The molecule has 1 rings (SSSR count). The van der Waals surface area contributed by atoms with Crippen LogP contribution in [0.5, 0.6) is 0 Å². The Morgan fingerprint density at radius 3 is 2.21 bits per heavy atom. The fraction of sp³-hybridized carbons (Fsp3) is 0.917. The Morgan fingerprint density at radius 2 is 1.79 bits per heavy atom. The number of rotatable bonds is 2. The van der Waals surface area contributed by atoms with Crippen LogP contribution in [0.1, 0.15) is 53.4 Å². The molecule has 0 aromatic heterocycles. The SMILES string of the molecule is C[C@@H](NC(=O)C(C)(C)C)C1CCCC1. The van der Waals surface area contributed by atoms with Gasteiger partial charge < -0.3 is 5.32 Å². The molecular weight excluding hydrogens is 174 g/mol. The van der Waals surface area contributed by atoms with Crippen LogP contribution in [0.25, 0.3) is 0 Å². The highest BCUT2D eigenvalue weighted by Crippen LogP contribution is 2.28. The predicted octanol–water partition coefficient (Wildman–Crippen LogP) is 2.73. The molecule has 0 aliphatic heterocycles. The second-order valence-corrected chi connectivity index (χ2v) is 5.56. The first-order valence-corrected chi connectivity index (χ1v) is 5.72. The zero-order valence-electron chi connectivity index (χ0n) is 9.89. The van der Waals surface area contributed by atoms with Gasteiger partial charge in [0.05, 0.1) is 0 Å². The van der Waals surface area contributed by atoms with Crippen molar-refractivity contribution in [2.75, 3.05) is 0 Å². The number of amides is 1. The molecule has 2 heteroatoms. The van der Waals surface area contributed by atoms with E-state index in [1.165, 1.54) is 25.7 Å². The topological polar surface area (TPSA) is 29.1 Å². The molecule has 1 aliphatic carbocycles. The van der Waals surface area contributed by atoms with Gasteiger partial charge in [-0.2, -0.15) is 0 Å². The van der Waals surface area contributed by atoms with Gasteiger partial charge in [0.1, 0.15) is 0 Å². The van der Waals surface area contributed by atoms with Gasteiger partial charge in [-0.05, 0) is 25.7 Å². The Kier molecular flexibility index (Phi) is 3.57. The third-order valence-electron chi connectivity index (χ3n) is 3.15. The lowest BCUT2D eigenvalue weighted by molar-refractivity contribution is -0.129. The van der Waals surface area contributed by atoms with Crippen molar-refractivity contribution >= 4 is 5.91 Å². The van der Waals surface area contributed by atoms with Crippen molar-refractivity contribution in [3.8, 4) is 0 Å². The molecule has 1 saturated carbocycles. The van der Waals surface area contributed by atoms with Crippen molar-refractivity contribution in [2.45, 2.75) is 59.4 Å². The molecule has 0 saturated heterocycles. The van der Waals surface area contributed by atoms with Gasteiger partial charge in [-0.15, -0.1) is 0 Å². The Labute approximate surface area is 87.5 Å². The average Bonchev–Trinajstić information content (AvgIpc) is 2.53. The number of hydrogen-bond acceptors (Lipinski definition) is 1. The lowest BCUT2D eigenvalue weighted by Gasteiger charge is -2.25. The Hall–Kier alpha value is -0.530. The highest BCUT2D eigenvalue weighted by atomic mass is 16.2. The zero-order chi connectivity index (χ0) is 10.8. The first-order chi connectivity index (χ1) is 6.41. The molecular formula is C12H23NO. The van der Waals surface area contributed by atoms with Crippen molar-refractivity contribution in [3.63, 3.8) is 0 Å². The molecule has 0 heterocycles. The number of nitrogens with one attached hydrogen (secondary N) is 1. The summed E-state index contributed by atoms with van der Waals surface area (Å²) in [6.07, 6.45) is 5.23. The van der Waals surface area contributed by atoms with Gasteiger partial charge in [0, 0.05) is 11.5 Å². The summed E-state index contributed by atoms with van der Waals surface area (Å²) in [6, 6.07) is 0.351. The first kappa shape index (κ1) is 11.5. The number of carbonyl (C=O) groups is 1. The molecule has 0 unspecified atom stereocenters. The predicted molar refractivity (Wildman–Crippen MR) is 59.0 cm³/mol. The molecule has 0 bridgehead atoms. The van der Waals surface area contributed by atoms with E-state index < -0.39 is 0 Å². The minimum absolute atomic E-state index is 0.178. The smallest absolute Gasteiger partial charge is 0.225 e. The number of carbonyl (C=O) groups excluding carboxylic acids is 1. The third-order valence-corrected chi connectivity index (χ3v) is 3.15. The Balaban J connectivity index is 2.39. The molecule has 1 N–H and O–H groups in total. The monoisotopic (exact) mass is 197 g/mol. The zero-order valence-corrected chi connectivity index (χ0v) is 9.89. The van der Waals surface area contributed by atoms with Crippen molar-refractivity contribution in [2.24, 2.45) is 11.3 Å². The molecule has 1 atom stereocenters. The van der Waals surface area contributed by atoms with Crippen LogP contribution < -0.4 is 5.32 Å². The maximum atomic E-state index is 11.7. The van der Waals surface area contributed by atoms with Crippen LogP contribution in [0.2, 0.25) is 0 Å². The molecule has 0 aromatic carbocycles. The van der Waals surface area contributed by atoms with Crippen LogP contribution >= 0.6 is 0 Å². The van der Waals surface area contributed by atoms with E-state index >= 15 is 0 Å². The molecule has 2 nitrogen and oxygen atoms in total. The second-order valence-electron chi connectivity index (χ2n) is 5.56. The van der Waals surface area contributed by atoms with E-state index in [2.05, 4.69) is 12.2 Å². The summed E-state index contributed by atoms with van der Waals surface area (Å²) in [4.78, 5) is 11.7. The van der Waals surface area contributed by atoms with E-state index in [0.29, 0.717) is 12.0 Å². The summed E-state index contributed by atoms with van der Waals surface area (Å²) in [5, 5.41) is 3.12. The van der Waals surface area contributed by atoms with Gasteiger partial charge in [0.2, 0.25) is 5.91 Å². The van der Waals surface area contributed by atoms with Crippen molar-refractivity contribution in [3.05, 3.63) is 0 Å². The van der Waals surface area contributed by atoms with E-state index in [1.54, 1.807) is 0 Å². The van der Waals surface area contributed by atoms with Gasteiger partial charge in [0.25, 0.3) is 0 Å². The standard InChI is InChI=1S/C12H23NO/c1-9(10-7-5-6-8-10)13-11(14)12(2,3)4/h9-10H,5-8H2,1-4H3,(H,13,14)/t9-/m1/s1. The minimum Gasteiger partial charge on any atom is -0.353 e. The molecule has 14 heavy (non-hydrogen) atoms. The van der Waals surface area contributed by atoms with Gasteiger partial charge in [-0.3, -0.25) is 4.79 Å². The highest BCUT2D eigenvalue weighted by Gasteiger charge is 2.27. The molecule has 0 aromatic rings. The van der Waals surface area contributed by atoms with E-state index in [-0.39, 0.29) is 11.3 Å². The van der Waals surface area contributed by atoms with Crippen molar-refractivity contribution in [1.82, 2.24) is 5.32 Å². The van der Waals surface area contributed by atoms with Crippen LogP contribution in [-0.4, -0.2) is 11.9 Å². The lowest BCUT2D eigenvalue weighted by atomic mass is 9.93. The highest BCUT2D eigenvalue weighted by molar-refractivity contribution is 5.81.